The smallest absolute Gasteiger partial charge is 0.251 e. The van der Waals surface area contributed by atoms with Crippen molar-refractivity contribution in [2.75, 3.05) is 11.5 Å². The molecule has 3 aromatic rings. The molecule has 0 radical (unpaired) electrons. The van der Waals surface area contributed by atoms with Crippen molar-refractivity contribution in [2.24, 2.45) is 0 Å². The highest BCUT2D eigenvalue weighted by molar-refractivity contribution is 7.90. The molecule has 0 aliphatic heterocycles. The Kier molecular flexibility index (Phi) is 3.22. The quantitative estimate of drug-likeness (QED) is 0.695. The zero-order chi connectivity index (χ0) is 15.0. The molecule has 0 aliphatic rings. The number of fused-ring (bicyclic) bond motifs is 1. The summed E-state index contributed by atoms with van der Waals surface area (Å²) in [6.07, 6.45) is 0. The van der Waals surface area contributed by atoms with Crippen LogP contribution in [0.5, 0.6) is 0 Å². The van der Waals surface area contributed by atoms with E-state index in [1.807, 2.05) is 6.07 Å². The van der Waals surface area contributed by atoms with E-state index in [2.05, 4.69) is 15.0 Å². The molecule has 0 bridgehead atoms. The van der Waals surface area contributed by atoms with Crippen LogP contribution in [-0.4, -0.2) is 23.4 Å². The van der Waals surface area contributed by atoms with Crippen molar-refractivity contribution in [1.82, 2.24) is 15.0 Å². The van der Waals surface area contributed by atoms with Gasteiger partial charge in [-0.3, -0.25) is 0 Å². The molecule has 3 rings (SSSR count). The van der Waals surface area contributed by atoms with E-state index in [4.69, 9.17) is 11.5 Å². The fourth-order valence-electron chi connectivity index (χ4n) is 1.84. The number of nitrogen functional groups attached to an aromatic ring is 2. The monoisotopic (exact) mass is 321 g/mol. The Morgan fingerprint density at radius 3 is 2.48 bits per heavy atom. The first-order valence-corrected chi connectivity index (χ1v) is 8.39. The van der Waals surface area contributed by atoms with Crippen LogP contribution in [-0.2, 0) is 15.6 Å². The van der Waals surface area contributed by atoms with Gasteiger partial charge >= 0.3 is 0 Å². The van der Waals surface area contributed by atoms with E-state index in [0.717, 1.165) is 11.3 Å². The number of benzene rings is 1. The minimum atomic E-state index is -3.70. The maximum Gasteiger partial charge on any atom is 0.251 e. The van der Waals surface area contributed by atoms with Crippen molar-refractivity contribution in [3.63, 3.8) is 0 Å². The molecular weight excluding hydrogens is 310 g/mol. The lowest BCUT2D eigenvalue weighted by Gasteiger charge is -2.04. The summed E-state index contributed by atoms with van der Waals surface area (Å²) in [5.74, 6) is -0.126. The van der Waals surface area contributed by atoms with Gasteiger partial charge in [-0.05, 0) is 5.56 Å². The minimum Gasteiger partial charge on any atom is -0.382 e. The zero-order valence-corrected chi connectivity index (χ0v) is 12.4. The molecule has 108 valence electrons. The van der Waals surface area contributed by atoms with Crippen LogP contribution in [0.3, 0.4) is 0 Å². The van der Waals surface area contributed by atoms with Gasteiger partial charge in [0.1, 0.15) is 10.5 Å². The fraction of sp³-hybridized carbons (Fsp3) is 0.0833. The van der Waals surface area contributed by atoms with E-state index in [1.54, 1.807) is 24.3 Å². The highest BCUT2D eigenvalue weighted by Crippen LogP contribution is 2.27. The second-order valence-corrected chi connectivity index (χ2v) is 7.25. The number of rotatable bonds is 3. The van der Waals surface area contributed by atoms with Crippen LogP contribution < -0.4 is 11.5 Å². The lowest BCUT2D eigenvalue weighted by Crippen LogP contribution is -2.11. The molecule has 9 heteroatoms. The first kappa shape index (κ1) is 13.7. The van der Waals surface area contributed by atoms with Crippen LogP contribution in [0.15, 0.2) is 35.5 Å². The van der Waals surface area contributed by atoms with Crippen LogP contribution in [0.4, 0.5) is 10.9 Å². The highest BCUT2D eigenvalue weighted by Gasteiger charge is 2.22. The van der Waals surface area contributed by atoms with E-state index in [-0.39, 0.29) is 27.5 Å². The summed E-state index contributed by atoms with van der Waals surface area (Å²) in [4.78, 5) is 11.8. The highest BCUT2D eigenvalue weighted by atomic mass is 32.2. The molecule has 0 saturated carbocycles. The van der Waals surface area contributed by atoms with E-state index >= 15 is 0 Å². The van der Waals surface area contributed by atoms with Crippen LogP contribution in [0.25, 0.3) is 10.3 Å². The number of hydrogen-bond donors (Lipinski definition) is 2. The second-order valence-electron chi connectivity index (χ2n) is 4.34. The molecular formula is C12H11N5O2S2. The van der Waals surface area contributed by atoms with Gasteiger partial charge in [-0.25, -0.2) is 13.4 Å². The average molecular weight is 321 g/mol. The molecule has 0 fully saturated rings. The topological polar surface area (TPSA) is 125 Å². The summed E-state index contributed by atoms with van der Waals surface area (Å²) in [6.45, 7) is 0. The van der Waals surface area contributed by atoms with Gasteiger partial charge in [-0.1, -0.05) is 41.7 Å². The van der Waals surface area contributed by atoms with Gasteiger partial charge in [0.25, 0.3) is 5.16 Å². The first-order valence-electron chi connectivity index (χ1n) is 5.92. The summed E-state index contributed by atoms with van der Waals surface area (Å²) in [5.41, 5.74) is 12.2. The summed E-state index contributed by atoms with van der Waals surface area (Å²) >= 11 is 1.12. The molecule has 1 aromatic carbocycles. The summed E-state index contributed by atoms with van der Waals surface area (Å²) in [5, 5.41) is -0.0646. The zero-order valence-electron chi connectivity index (χ0n) is 10.7. The average Bonchev–Trinajstić information content (AvgIpc) is 2.80. The third-order valence-corrected chi connectivity index (χ3v) is 5.10. The molecule has 7 nitrogen and oxygen atoms in total. The Morgan fingerprint density at radius 1 is 1.05 bits per heavy atom. The maximum atomic E-state index is 12.4. The van der Waals surface area contributed by atoms with Gasteiger partial charge in [0.15, 0.2) is 10.8 Å². The number of nitrogens with zero attached hydrogens (tertiary/aromatic N) is 3. The molecule has 0 spiro atoms. The van der Waals surface area contributed by atoms with Gasteiger partial charge in [-0.2, -0.15) is 9.97 Å². The van der Waals surface area contributed by atoms with Gasteiger partial charge in [0.2, 0.25) is 9.84 Å². The maximum absolute atomic E-state index is 12.4. The first-order chi connectivity index (χ1) is 9.95. The molecule has 2 heterocycles. The third kappa shape index (κ3) is 2.65. The number of anilines is 2. The van der Waals surface area contributed by atoms with E-state index in [1.165, 1.54) is 0 Å². The lowest BCUT2D eigenvalue weighted by molar-refractivity contribution is 0.587. The number of sulfone groups is 1. The molecule has 0 saturated heterocycles. The normalized spacial score (nSPS) is 11.8. The molecule has 21 heavy (non-hydrogen) atoms. The van der Waals surface area contributed by atoms with E-state index in [9.17, 15) is 8.42 Å². The minimum absolute atomic E-state index is 0.0702. The van der Waals surface area contributed by atoms with E-state index in [0.29, 0.717) is 10.3 Å². The predicted octanol–water partition coefficient (Wildman–Crippen LogP) is 1.22. The number of aromatic nitrogens is 3. The Hall–Kier alpha value is -2.26. The standard InChI is InChI=1S/C12H11N5O2S2/c13-9-8-10(16-11(14)20-8)17-12(15-9)21(18,19)6-7-4-2-1-3-5-7/h1-5H,6H2,(H4,13,14,15,16,17). The van der Waals surface area contributed by atoms with Gasteiger partial charge in [0, 0.05) is 0 Å². The Balaban J connectivity index is 2.06. The van der Waals surface area contributed by atoms with Crippen molar-refractivity contribution in [3.05, 3.63) is 35.9 Å². The number of nitrogens with two attached hydrogens (primary N) is 2. The number of thiazole rings is 1. The van der Waals surface area contributed by atoms with Gasteiger partial charge in [-0.15, -0.1) is 0 Å². The van der Waals surface area contributed by atoms with Gasteiger partial charge < -0.3 is 11.5 Å². The second kappa shape index (κ2) is 4.93. The molecule has 0 amide bonds. The van der Waals surface area contributed by atoms with Crippen LogP contribution in [0.1, 0.15) is 5.56 Å². The fourth-order valence-corrected chi connectivity index (χ4v) is 3.73. The van der Waals surface area contributed by atoms with Gasteiger partial charge in [0.05, 0.1) is 5.75 Å². The Labute approximate surface area is 124 Å². The van der Waals surface area contributed by atoms with Crippen LogP contribution in [0.2, 0.25) is 0 Å². The Morgan fingerprint density at radius 2 is 1.76 bits per heavy atom. The van der Waals surface area contributed by atoms with Crippen LogP contribution in [0, 0.1) is 0 Å². The molecule has 0 atom stereocenters. The van der Waals surface area contributed by atoms with E-state index < -0.39 is 9.84 Å². The van der Waals surface area contributed by atoms with Crippen LogP contribution >= 0.6 is 11.3 Å². The number of hydrogen-bond acceptors (Lipinski definition) is 8. The van der Waals surface area contributed by atoms with Crippen molar-refractivity contribution in [1.29, 1.82) is 0 Å². The predicted molar refractivity (Wildman–Crippen MR) is 81.4 cm³/mol. The van der Waals surface area contributed by atoms with Crippen molar-refractivity contribution in [2.45, 2.75) is 10.9 Å². The van der Waals surface area contributed by atoms with Crippen molar-refractivity contribution in [3.8, 4) is 0 Å². The lowest BCUT2D eigenvalue weighted by atomic mass is 10.2. The summed E-state index contributed by atoms with van der Waals surface area (Å²) in [7, 11) is -3.70. The summed E-state index contributed by atoms with van der Waals surface area (Å²) < 4.78 is 25.2. The van der Waals surface area contributed by atoms with Crippen molar-refractivity contribution >= 4 is 42.5 Å². The third-order valence-electron chi connectivity index (χ3n) is 2.75. The molecule has 0 aliphatic carbocycles. The molecule has 0 unspecified atom stereocenters. The molecule has 4 N–H and O–H groups in total. The summed E-state index contributed by atoms with van der Waals surface area (Å²) in [6, 6.07) is 8.80. The molecule has 2 aromatic heterocycles. The Bertz CT molecular complexity index is 906. The SMILES string of the molecule is Nc1nc2nc(S(=O)(=O)Cc3ccccc3)nc(N)c2s1. The largest absolute Gasteiger partial charge is 0.382 e. The van der Waals surface area contributed by atoms with Crippen molar-refractivity contribution < 1.29 is 8.42 Å².